The third kappa shape index (κ3) is 4.81. The lowest BCUT2D eigenvalue weighted by Gasteiger charge is -2.23. The summed E-state index contributed by atoms with van der Waals surface area (Å²) in [4.78, 5) is 26.9. The number of nitrogens with one attached hydrogen (secondary N) is 1. The molecule has 0 aliphatic carbocycles. The molecule has 0 aromatic heterocycles. The van der Waals surface area contributed by atoms with E-state index < -0.39 is 23.9 Å². The van der Waals surface area contributed by atoms with E-state index in [0.717, 1.165) is 16.7 Å². The first kappa shape index (κ1) is 20.8. The maximum absolute atomic E-state index is 13.1. The number of halogens is 1. The lowest BCUT2D eigenvalue weighted by molar-refractivity contribution is -0.125. The Hall–Kier alpha value is -3.51. The Morgan fingerprint density at radius 3 is 2.26 bits per heavy atom. The van der Waals surface area contributed by atoms with Gasteiger partial charge in [-0.1, -0.05) is 54.6 Å². The summed E-state index contributed by atoms with van der Waals surface area (Å²) in [6.45, 7) is 0.388. The second-order valence-electron chi connectivity index (χ2n) is 7.65. The summed E-state index contributed by atoms with van der Waals surface area (Å²) in [5.74, 6) is -1.16. The zero-order chi connectivity index (χ0) is 21.8. The molecule has 2 atom stereocenters. The van der Waals surface area contributed by atoms with Gasteiger partial charge in [0, 0.05) is 25.1 Å². The van der Waals surface area contributed by atoms with Crippen LogP contribution in [0.1, 0.15) is 22.3 Å². The molecule has 4 rings (SSSR count). The van der Waals surface area contributed by atoms with Crippen molar-refractivity contribution in [3.8, 4) is 11.1 Å². The van der Waals surface area contributed by atoms with E-state index in [4.69, 9.17) is 0 Å². The molecule has 2 unspecified atom stereocenters. The second kappa shape index (κ2) is 9.10. The van der Waals surface area contributed by atoms with Crippen molar-refractivity contribution in [3.63, 3.8) is 0 Å². The van der Waals surface area contributed by atoms with Gasteiger partial charge in [0.25, 0.3) is 5.91 Å². The molecule has 31 heavy (non-hydrogen) atoms. The minimum Gasteiger partial charge on any atom is -0.391 e. The number of hydrogen-bond donors (Lipinski definition) is 2. The largest absolute Gasteiger partial charge is 0.391 e. The molecule has 0 spiro atoms. The topological polar surface area (TPSA) is 69.6 Å². The molecule has 0 saturated carbocycles. The van der Waals surface area contributed by atoms with Crippen LogP contribution in [0.3, 0.4) is 0 Å². The molecular formula is C25H23FN2O3. The number of benzene rings is 3. The molecule has 6 heteroatoms. The highest BCUT2D eigenvalue weighted by Crippen LogP contribution is 2.22. The molecule has 3 aromatic carbocycles. The van der Waals surface area contributed by atoms with Gasteiger partial charge in [-0.25, -0.2) is 4.39 Å². The first-order chi connectivity index (χ1) is 15.0. The molecule has 3 aromatic rings. The Morgan fingerprint density at radius 2 is 1.58 bits per heavy atom. The fraction of sp³-hybridized carbons (Fsp3) is 0.200. The predicted molar refractivity (Wildman–Crippen MR) is 116 cm³/mol. The van der Waals surface area contributed by atoms with Crippen LogP contribution in [0.5, 0.6) is 0 Å². The first-order valence-corrected chi connectivity index (χ1v) is 10.2. The molecule has 1 fully saturated rings. The molecular weight excluding hydrogens is 395 g/mol. The van der Waals surface area contributed by atoms with Crippen molar-refractivity contribution in [2.45, 2.75) is 25.1 Å². The molecule has 1 aliphatic rings. The highest BCUT2D eigenvalue weighted by atomic mass is 19.1. The van der Waals surface area contributed by atoms with Crippen LogP contribution in [0.25, 0.3) is 11.1 Å². The van der Waals surface area contributed by atoms with Gasteiger partial charge in [0.2, 0.25) is 5.91 Å². The van der Waals surface area contributed by atoms with Gasteiger partial charge in [-0.15, -0.1) is 0 Å². The average Bonchev–Trinajstić information content (AvgIpc) is 3.20. The Labute approximate surface area is 180 Å². The van der Waals surface area contributed by atoms with Crippen LogP contribution in [-0.4, -0.2) is 40.5 Å². The van der Waals surface area contributed by atoms with Gasteiger partial charge < -0.3 is 15.3 Å². The third-order valence-electron chi connectivity index (χ3n) is 5.46. The maximum Gasteiger partial charge on any atom is 0.254 e. The maximum atomic E-state index is 13.1. The Morgan fingerprint density at radius 1 is 0.935 bits per heavy atom. The molecule has 1 heterocycles. The van der Waals surface area contributed by atoms with Crippen molar-refractivity contribution in [1.82, 2.24) is 10.2 Å². The molecule has 2 N–H and O–H groups in total. The van der Waals surface area contributed by atoms with Crippen molar-refractivity contribution in [1.29, 1.82) is 0 Å². The smallest absolute Gasteiger partial charge is 0.254 e. The van der Waals surface area contributed by atoms with Crippen LogP contribution in [0.15, 0.2) is 78.9 Å². The van der Waals surface area contributed by atoms with Crippen LogP contribution >= 0.6 is 0 Å². The zero-order valence-corrected chi connectivity index (χ0v) is 16.9. The van der Waals surface area contributed by atoms with E-state index in [-0.39, 0.29) is 24.4 Å². The number of rotatable bonds is 5. The molecule has 5 nitrogen and oxygen atoms in total. The minimum absolute atomic E-state index is 0.0695. The van der Waals surface area contributed by atoms with Crippen LogP contribution in [0.2, 0.25) is 0 Å². The summed E-state index contributed by atoms with van der Waals surface area (Å²) in [6.07, 6.45) is -0.601. The van der Waals surface area contributed by atoms with E-state index in [0.29, 0.717) is 6.54 Å². The van der Waals surface area contributed by atoms with E-state index in [1.165, 1.54) is 29.2 Å². The lowest BCUT2D eigenvalue weighted by Crippen LogP contribution is -2.45. The van der Waals surface area contributed by atoms with Crippen LogP contribution in [0, 0.1) is 5.82 Å². The number of aliphatic hydroxyl groups excluding tert-OH is 1. The van der Waals surface area contributed by atoms with Crippen molar-refractivity contribution in [2.75, 3.05) is 6.54 Å². The minimum atomic E-state index is -0.773. The van der Waals surface area contributed by atoms with E-state index in [9.17, 15) is 19.1 Å². The van der Waals surface area contributed by atoms with Gasteiger partial charge >= 0.3 is 0 Å². The number of carbonyl (C=O) groups is 2. The second-order valence-corrected chi connectivity index (χ2v) is 7.65. The van der Waals surface area contributed by atoms with Crippen molar-refractivity contribution >= 4 is 11.8 Å². The Bertz CT molecular complexity index is 1050. The number of amides is 2. The number of carbonyl (C=O) groups excluding carboxylic acids is 2. The number of aliphatic hydroxyl groups is 1. The average molecular weight is 418 g/mol. The number of hydrogen-bond acceptors (Lipinski definition) is 3. The van der Waals surface area contributed by atoms with Gasteiger partial charge in [0.1, 0.15) is 11.9 Å². The molecule has 0 bridgehead atoms. The summed E-state index contributed by atoms with van der Waals surface area (Å²) in [7, 11) is 0. The van der Waals surface area contributed by atoms with Crippen molar-refractivity contribution < 1.29 is 19.1 Å². The van der Waals surface area contributed by atoms with E-state index >= 15 is 0 Å². The third-order valence-corrected chi connectivity index (χ3v) is 5.46. The van der Waals surface area contributed by atoms with Gasteiger partial charge in [0.05, 0.1) is 6.10 Å². The zero-order valence-electron chi connectivity index (χ0n) is 16.9. The normalized spacial score (nSPS) is 18.1. The summed E-state index contributed by atoms with van der Waals surface area (Å²) in [5, 5.41) is 12.9. The lowest BCUT2D eigenvalue weighted by atomic mass is 10.0. The van der Waals surface area contributed by atoms with Crippen LogP contribution in [-0.2, 0) is 11.3 Å². The summed E-state index contributed by atoms with van der Waals surface area (Å²) < 4.78 is 13.1. The van der Waals surface area contributed by atoms with E-state index in [1.54, 1.807) is 0 Å². The molecule has 1 aliphatic heterocycles. The summed E-state index contributed by atoms with van der Waals surface area (Å²) in [5.41, 5.74) is 3.42. The predicted octanol–water partition coefficient (Wildman–Crippen LogP) is 3.38. The SMILES string of the molecule is O=C(NCc1ccc(-c2ccccc2)cc1)C1CC(O)CN1C(=O)c1ccc(F)cc1. The summed E-state index contributed by atoms with van der Waals surface area (Å²) >= 11 is 0. The van der Waals surface area contributed by atoms with Crippen LogP contribution < -0.4 is 5.32 Å². The Balaban J connectivity index is 1.40. The van der Waals surface area contributed by atoms with Crippen molar-refractivity contribution in [2.24, 2.45) is 0 Å². The quantitative estimate of drug-likeness (QED) is 0.667. The first-order valence-electron chi connectivity index (χ1n) is 10.2. The highest BCUT2D eigenvalue weighted by molar-refractivity contribution is 5.98. The standard InChI is InChI=1S/C25H23FN2O3/c26-21-12-10-20(11-13-21)25(31)28-16-22(29)14-23(28)24(30)27-15-17-6-8-19(9-7-17)18-4-2-1-3-5-18/h1-13,22-23,29H,14-16H2,(H,27,30). The monoisotopic (exact) mass is 418 g/mol. The van der Waals surface area contributed by atoms with Crippen molar-refractivity contribution in [3.05, 3.63) is 95.8 Å². The molecule has 0 radical (unpaired) electrons. The van der Waals surface area contributed by atoms with E-state index in [2.05, 4.69) is 5.32 Å². The van der Waals surface area contributed by atoms with E-state index in [1.807, 2.05) is 54.6 Å². The number of nitrogens with zero attached hydrogens (tertiary/aromatic N) is 1. The molecule has 158 valence electrons. The van der Waals surface area contributed by atoms with Crippen LogP contribution in [0.4, 0.5) is 4.39 Å². The fourth-order valence-electron chi connectivity index (χ4n) is 3.80. The van der Waals surface area contributed by atoms with Gasteiger partial charge in [-0.05, 0) is 41.0 Å². The Kier molecular flexibility index (Phi) is 6.09. The number of β-amino-alcohol motifs (C(OH)–C–C–N with tert-alkyl or cyclic N) is 1. The molecule has 1 saturated heterocycles. The highest BCUT2D eigenvalue weighted by Gasteiger charge is 2.39. The molecule has 2 amide bonds. The number of likely N-dealkylation sites (tertiary alicyclic amines) is 1. The van der Waals surface area contributed by atoms with Gasteiger partial charge in [-0.2, -0.15) is 0 Å². The summed E-state index contributed by atoms with van der Waals surface area (Å²) in [6, 6.07) is 22.3. The van der Waals surface area contributed by atoms with Gasteiger partial charge in [0.15, 0.2) is 0 Å². The fourth-order valence-corrected chi connectivity index (χ4v) is 3.80. The van der Waals surface area contributed by atoms with Gasteiger partial charge in [-0.3, -0.25) is 9.59 Å².